The van der Waals surface area contributed by atoms with Crippen molar-refractivity contribution < 1.29 is 4.79 Å². The Hall–Kier alpha value is -2.35. The van der Waals surface area contributed by atoms with E-state index in [2.05, 4.69) is 24.4 Å². The maximum Gasteiger partial charge on any atom is 0.187 e. The second kappa shape index (κ2) is 8.05. The summed E-state index contributed by atoms with van der Waals surface area (Å²) in [6.45, 7) is 2.99. The summed E-state index contributed by atoms with van der Waals surface area (Å²) in [5.41, 5.74) is 2.89. The van der Waals surface area contributed by atoms with Crippen molar-refractivity contribution in [1.29, 1.82) is 0 Å². The molecule has 2 aromatic carbocycles. The molecule has 0 saturated heterocycles. The van der Waals surface area contributed by atoms with E-state index in [9.17, 15) is 4.79 Å². The molecule has 0 saturated carbocycles. The molecule has 2 nitrogen and oxygen atoms in total. The van der Waals surface area contributed by atoms with E-state index >= 15 is 0 Å². The lowest BCUT2D eigenvalue weighted by atomic mass is 10.1. The summed E-state index contributed by atoms with van der Waals surface area (Å²) in [6.07, 6.45) is 3.50. The van der Waals surface area contributed by atoms with Crippen LogP contribution < -0.4 is 5.32 Å². The van der Waals surface area contributed by atoms with Crippen LogP contribution in [0.25, 0.3) is 0 Å². The molecule has 2 aromatic rings. The smallest absolute Gasteiger partial charge is 0.187 e. The molecule has 1 N–H and O–H groups in total. The first kappa shape index (κ1) is 15.0. The first-order valence-corrected chi connectivity index (χ1v) is 7.37. The Morgan fingerprint density at radius 1 is 1.00 bits per heavy atom. The van der Waals surface area contributed by atoms with Crippen LogP contribution in [0.1, 0.15) is 29.3 Å². The standard InChI is InChI=1S/C19H21NO/c1-2-13-20-18(14-16-9-5-3-6-10-16)15-19(21)17-11-7-4-8-12-17/h3-12,15,20H,2,13-14H2,1H3. The maximum absolute atomic E-state index is 12.3. The van der Waals surface area contributed by atoms with Gasteiger partial charge in [0.1, 0.15) is 0 Å². The van der Waals surface area contributed by atoms with Gasteiger partial charge in [-0.2, -0.15) is 0 Å². The van der Waals surface area contributed by atoms with Gasteiger partial charge in [0.25, 0.3) is 0 Å². The topological polar surface area (TPSA) is 29.1 Å². The molecule has 0 unspecified atom stereocenters. The Morgan fingerprint density at radius 3 is 2.24 bits per heavy atom. The van der Waals surface area contributed by atoms with E-state index in [0.717, 1.165) is 30.6 Å². The number of benzene rings is 2. The lowest BCUT2D eigenvalue weighted by Crippen LogP contribution is -2.17. The number of rotatable bonds is 7. The fraction of sp³-hybridized carbons (Fsp3) is 0.211. The van der Waals surface area contributed by atoms with E-state index in [1.165, 1.54) is 5.56 Å². The average Bonchev–Trinajstić information content (AvgIpc) is 2.54. The molecular weight excluding hydrogens is 258 g/mol. The van der Waals surface area contributed by atoms with E-state index in [4.69, 9.17) is 0 Å². The van der Waals surface area contributed by atoms with Gasteiger partial charge in [-0.15, -0.1) is 0 Å². The highest BCUT2D eigenvalue weighted by Crippen LogP contribution is 2.08. The molecule has 108 valence electrons. The molecule has 2 rings (SSSR count). The Labute approximate surface area is 126 Å². The second-order valence-corrected chi connectivity index (χ2v) is 4.99. The maximum atomic E-state index is 12.3. The number of hydrogen-bond acceptors (Lipinski definition) is 2. The molecule has 21 heavy (non-hydrogen) atoms. The molecule has 0 amide bonds. The predicted octanol–water partition coefficient (Wildman–Crippen LogP) is 4.00. The van der Waals surface area contributed by atoms with Gasteiger partial charge in [-0.05, 0) is 12.0 Å². The van der Waals surface area contributed by atoms with Gasteiger partial charge in [0, 0.05) is 30.3 Å². The van der Waals surface area contributed by atoms with Crippen molar-refractivity contribution in [2.24, 2.45) is 0 Å². The SMILES string of the molecule is CCCNC(=CC(=O)c1ccccc1)Cc1ccccc1. The van der Waals surface area contributed by atoms with Crippen LogP contribution in [0.4, 0.5) is 0 Å². The fourth-order valence-electron chi connectivity index (χ4n) is 2.11. The average molecular weight is 279 g/mol. The highest BCUT2D eigenvalue weighted by Gasteiger charge is 2.05. The summed E-state index contributed by atoms with van der Waals surface area (Å²) in [4.78, 5) is 12.3. The zero-order chi connectivity index (χ0) is 14.9. The molecule has 2 heteroatoms. The van der Waals surface area contributed by atoms with Crippen LogP contribution in [0.3, 0.4) is 0 Å². The largest absolute Gasteiger partial charge is 0.388 e. The lowest BCUT2D eigenvalue weighted by Gasteiger charge is -2.10. The van der Waals surface area contributed by atoms with Crippen LogP contribution in [0, 0.1) is 0 Å². The quantitative estimate of drug-likeness (QED) is 0.613. The van der Waals surface area contributed by atoms with Crippen LogP contribution in [0.15, 0.2) is 72.4 Å². The van der Waals surface area contributed by atoms with E-state index in [1.807, 2.05) is 48.5 Å². The van der Waals surface area contributed by atoms with E-state index in [0.29, 0.717) is 0 Å². The summed E-state index contributed by atoms with van der Waals surface area (Å²) in [7, 11) is 0. The van der Waals surface area contributed by atoms with Crippen molar-refractivity contribution in [2.75, 3.05) is 6.54 Å². The third-order valence-electron chi connectivity index (χ3n) is 3.20. The Kier molecular flexibility index (Phi) is 5.77. The van der Waals surface area contributed by atoms with Crippen molar-refractivity contribution in [3.63, 3.8) is 0 Å². The first-order valence-electron chi connectivity index (χ1n) is 7.37. The summed E-state index contributed by atoms with van der Waals surface area (Å²) in [6, 6.07) is 19.6. The molecule has 0 aromatic heterocycles. The molecule has 0 radical (unpaired) electrons. The number of nitrogens with one attached hydrogen (secondary N) is 1. The predicted molar refractivity (Wildman–Crippen MR) is 87.3 cm³/mol. The van der Waals surface area contributed by atoms with Gasteiger partial charge in [-0.25, -0.2) is 0 Å². The van der Waals surface area contributed by atoms with Gasteiger partial charge in [0.15, 0.2) is 5.78 Å². The number of carbonyl (C=O) groups is 1. The van der Waals surface area contributed by atoms with Gasteiger partial charge in [-0.3, -0.25) is 4.79 Å². The molecule has 0 spiro atoms. The van der Waals surface area contributed by atoms with Crippen LogP contribution in [-0.4, -0.2) is 12.3 Å². The summed E-state index contributed by atoms with van der Waals surface area (Å²) >= 11 is 0. The molecule has 0 aliphatic carbocycles. The van der Waals surface area contributed by atoms with Crippen molar-refractivity contribution >= 4 is 5.78 Å². The van der Waals surface area contributed by atoms with Gasteiger partial charge >= 0.3 is 0 Å². The lowest BCUT2D eigenvalue weighted by molar-refractivity contribution is 0.104. The first-order chi connectivity index (χ1) is 10.3. The molecule has 0 atom stereocenters. The minimum atomic E-state index is 0.0464. The number of hydrogen-bond donors (Lipinski definition) is 1. The summed E-state index contributed by atoms with van der Waals surface area (Å²) in [5.74, 6) is 0.0464. The fourth-order valence-corrected chi connectivity index (χ4v) is 2.11. The van der Waals surface area contributed by atoms with Gasteiger partial charge in [-0.1, -0.05) is 67.6 Å². The molecule has 0 heterocycles. The van der Waals surface area contributed by atoms with Crippen molar-refractivity contribution in [3.8, 4) is 0 Å². The summed E-state index contributed by atoms with van der Waals surface area (Å²) in [5, 5.41) is 3.36. The molecule has 0 bridgehead atoms. The van der Waals surface area contributed by atoms with Gasteiger partial charge in [0.2, 0.25) is 0 Å². The van der Waals surface area contributed by atoms with Crippen LogP contribution in [0.5, 0.6) is 0 Å². The normalized spacial score (nSPS) is 11.2. The van der Waals surface area contributed by atoms with Crippen LogP contribution in [0.2, 0.25) is 0 Å². The molecular formula is C19H21NO. The monoisotopic (exact) mass is 279 g/mol. The second-order valence-electron chi connectivity index (χ2n) is 4.99. The third-order valence-corrected chi connectivity index (χ3v) is 3.20. The van der Waals surface area contributed by atoms with E-state index in [-0.39, 0.29) is 5.78 Å². The Morgan fingerprint density at radius 2 is 1.62 bits per heavy atom. The zero-order valence-corrected chi connectivity index (χ0v) is 12.4. The van der Waals surface area contributed by atoms with Gasteiger partial charge in [0.05, 0.1) is 0 Å². The molecule has 0 fully saturated rings. The Bertz CT molecular complexity index is 587. The zero-order valence-electron chi connectivity index (χ0n) is 12.4. The van der Waals surface area contributed by atoms with Gasteiger partial charge < -0.3 is 5.32 Å². The van der Waals surface area contributed by atoms with Crippen LogP contribution in [-0.2, 0) is 6.42 Å². The third kappa shape index (κ3) is 4.92. The van der Waals surface area contributed by atoms with Crippen molar-refractivity contribution in [2.45, 2.75) is 19.8 Å². The highest BCUT2D eigenvalue weighted by atomic mass is 16.1. The minimum absolute atomic E-state index is 0.0464. The number of allylic oxidation sites excluding steroid dienone is 2. The summed E-state index contributed by atoms with van der Waals surface area (Å²) < 4.78 is 0. The van der Waals surface area contributed by atoms with E-state index < -0.39 is 0 Å². The van der Waals surface area contributed by atoms with Crippen LogP contribution >= 0.6 is 0 Å². The highest BCUT2D eigenvalue weighted by molar-refractivity contribution is 6.04. The van der Waals surface area contributed by atoms with E-state index in [1.54, 1.807) is 6.08 Å². The van der Waals surface area contributed by atoms with Crippen molar-refractivity contribution in [3.05, 3.63) is 83.6 Å². The number of ketones is 1. The minimum Gasteiger partial charge on any atom is -0.388 e. The molecule has 0 aliphatic rings. The number of carbonyl (C=O) groups excluding carboxylic acids is 1. The molecule has 0 aliphatic heterocycles. The Balaban J connectivity index is 2.15. The van der Waals surface area contributed by atoms with Crippen molar-refractivity contribution in [1.82, 2.24) is 5.32 Å².